The van der Waals surface area contributed by atoms with Gasteiger partial charge in [0, 0.05) is 56.6 Å². The third-order valence-corrected chi connectivity index (χ3v) is 7.40. The molecule has 0 amide bonds. The van der Waals surface area contributed by atoms with Crippen molar-refractivity contribution >= 4 is 38.8 Å². The van der Waals surface area contributed by atoms with E-state index in [1.807, 2.05) is 31.3 Å². The molecule has 10 heteroatoms. The van der Waals surface area contributed by atoms with Crippen LogP contribution in [0, 0.1) is 0 Å². The van der Waals surface area contributed by atoms with Crippen LogP contribution in [0.2, 0.25) is 0 Å². The molecule has 0 aliphatic carbocycles. The summed E-state index contributed by atoms with van der Waals surface area (Å²) in [4.78, 5) is 13.0. The van der Waals surface area contributed by atoms with Gasteiger partial charge in [0.1, 0.15) is 12.4 Å². The minimum absolute atomic E-state index is 0.233. The molecule has 2 N–H and O–H groups in total. The molecule has 2 aromatic carbocycles. The van der Waals surface area contributed by atoms with Gasteiger partial charge < -0.3 is 25.0 Å². The van der Waals surface area contributed by atoms with Gasteiger partial charge in [-0.1, -0.05) is 6.07 Å². The SMILES string of the molecule is CN1CCOc2cc(S(=O)(=O)n3ccc4c(N5CCNCC5)cccc43)ccc21.O=CO. The molecule has 0 unspecified atom stereocenters. The molecule has 9 nitrogen and oxygen atoms in total. The highest BCUT2D eigenvalue weighted by atomic mass is 32.2. The first-order valence-electron chi connectivity index (χ1n) is 10.3. The zero-order chi connectivity index (χ0) is 22.7. The number of hydrogen-bond donors (Lipinski definition) is 2. The van der Waals surface area contributed by atoms with Crippen molar-refractivity contribution < 1.29 is 23.1 Å². The van der Waals surface area contributed by atoms with E-state index in [0.29, 0.717) is 17.9 Å². The minimum Gasteiger partial charge on any atom is -0.490 e. The third kappa shape index (κ3) is 3.98. The minimum atomic E-state index is -3.73. The summed E-state index contributed by atoms with van der Waals surface area (Å²) in [7, 11) is -1.75. The van der Waals surface area contributed by atoms with Gasteiger partial charge >= 0.3 is 0 Å². The summed E-state index contributed by atoms with van der Waals surface area (Å²) in [6, 6.07) is 12.9. The molecule has 170 valence electrons. The lowest BCUT2D eigenvalue weighted by atomic mass is 10.2. The van der Waals surface area contributed by atoms with E-state index in [1.54, 1.807) is 18.3 Å². The molecule has 3 heterocycles. The normalized spacial score (nSPS) is 16.0. The topological polar surface area (TPSA) is 104 Å². The molecule has 0 saturated carbocycles. The van der Waals surface area contributed by atoms with Crippen molar-refractivity contribution in [3.8, 4) is 5.75 Å². The second-order valence-electron chi connectivity index (χ2n) is 7.57. The maximum absolute atomic E-state index is 13.4. The fourth-order valence-electron chi connectivity index (χ4n) is 4.13. The van der Waals surface area contributed by atoms with Crippen LogP contribution in [0.5, 0.6) is 5.75 Å². The van der Waals surface area contributed by atoms with E-state index in [-0.39, 0.29) is 11.4 Å². The average molecular weight is 459 g/mol. The first kappa shape index (κ1) is 22.0. The number of hydrogen-bond acceptors (Lipinski definition) is 7. The Morgan fingerprint density at radius 2 is 1.81 bits per heavy atom. The molecular formula is C22H26N4O5S. The monoisotopic (exact) mass is 458 g/mol. The fraction of sp³-hybridized carbons (Fsp3) is 0.318. The number of nitrogens with zero attached hydrogens (tertiary/aromatic N) is 3. The number of piperazine rings is 1. The van der Waals surface area contributed by atoms with E-state index in [4.69, 9.17) is 14.6 Å². The number of benzene rings is 2. The standard InChI is InChI=1S/C21H24N4O3S.CH2O2/c1-23-13-14-28-21-15-16(5-6-20(21)23)29(26,27)25-10-7-17-18(3-2-4-19(17)25)24-11-8-22-9-12-24;2-1-3/h2-7,10,15,22H,8-9,11-14H2,1H3;1H,(H,2,3). The van der Waals surface area contributed by atoms with E-state index in [0.717, 1.165) is 49.5 Å². The van der Waals surface area contributed by atoms with E-state index in [9.17, 15) is 8.42 Å². The Morgan fingerprint density at radius 1 is 1.06 bits per heavy atom. The first-order chi connectivity index (χ1) is 15.5. The number of carbonyl (C=O) groups is 1. The van der Waals surface area contributed by atoms with Crippen LogP contribution in [-0.4, -0.2) is 70.3 Å². The highest BCUT2D eigenvalue weighted by Gasteiger charge is 2.24. The molecule has 0 spiro atoms. The molecule has 32 heavy (non-hydrogen) atoms. The van der Waals surface area contributed by atoms with Crippen molar-refractivity contribution in [3.63, 3.8) is 0 Å². The molecule has 1 saturated heterocycles. The van der Waals surface area contributed by atoms with E-state index >= 15 is 0 Å². The van der Waals surface area contributed by atoms with Crippen molar-refractivity contribution in [1.29, 1.82) is 0 Å². The fourth-order valence-corrected chi connectivity index (χ4v) is 5.49. The predicted octanol–water partition coefficient (Wildman–Crippen LogP) is 1.82. The predicted molar refractivity (Wildman–Crippen MR) is 124 cm³/mol. The summed E-state index contributed by atoms with van der Waals surface area (Å²) < 4.78 is 34.0. The Hall–Kier alpha value is -3.24. The van der Waals surface area contributed by atoms with Gasteiger partial charge in [-0.05, 0) is 30.3 Å². The molecule has 2 aliphatic rings. The maximum Gasteiger partial charge on any atom is 0.290 e. The van der Waals surface area contributed by atoms with Crippen LogP contribution in [0.1, 0.15) is 0 Å². The molecule has 3 aromatic rings. The van der Waals surface area contributed by atoms with Gasteiger partial charge in [0.15, 0.2) is 0 Å². The quantitative estimate of drug-likeness (QED) is 0.573. The molecule has 0 atom stereocenters. The number of ether oxygens (including phenoxy) is 1. The lowest BCUT2D eigenvalue weighted by Crippen LogP contribution is -2.43. The van der Waals surface area contributed by atoms with Crippen LogP contribution in [0.15, 0.2) is 53.6 Å². The Morgan fingerprint density at radius 3 is 2.56 bits per heavy atom. The Bertz CT molecular complexity index is 1220. The van der Waals surface area contributed by atoms with Gasteiger partial charge in [-0.3, -0.25) is 4.79 Å². The summed E-state index contributed by atoms with van der Waals surface area (Å²) >= 11 is 0. The van der Waals surface area contributed by atoms with Gasteiger partial charge in [-0.15, -0.1) is 0 Å². The van der Waals surface area contributed by atoms with Crippen LogP contribution >= 0.6 is 0 Å². The Labute approximate surface area is 186 Å². The molecule has 1 fully saturated rings. The largest absolute Gasteiger partial charge is 0.490 e. The molecule has 2 aliphatic heterocycles. The van der Waals surface area contributed by atoms with Gasteiger partial charge in [0.2, 0.25) is 0 Å². The van der Waals surface area contributed by atoms with Crippen molar-refractivity contribution in [2.75, 3.05) is 56.2 Å². The summed E-state index contributed by atoms with van der Waals surface area (Å²) in [5, 5.41) is 11.2. The number of nitrogens with one attached hydrogen (secondary N) is 1. The second kappa shape index (κ2) is 9.09. The molecule has 0 bridgehead atoms. The second-order valence-corrected chi connectivity index (χ2v) is 9.38. The lowest BCUT2D eigenvalue weighted by molar-refractivity contribution is -0.122. The maximum atomic E-state index is 13.4. The van der Waals surface area contributed by atoms with Crippen molar-refractivity contribution in [3.05, 3.63) is 48.7 Å². The lowest BCUT2D eigenvalue weighted by Gasteiger charge is -2.30. The highest BCUT2D eigenvalue weighted by Crippen LogP contribution is 2.35. The van der Waals surface area contributed by atoms with Crippen LogP contribution in [0.4, 0.5) is 11.4 Å². The van der Waals surface area contributed by atoms with Crippen LogP contribution < -0.4 is 19.9 Å². The number of rotatable bonds is 3. The molecule has 1 aromatic heterocycles. The zero-order valence-electron chi connectivity index (χ0n) is 17.8. The van der Waals surface area contributed by atoms with Gasteiger partial charge in [-0.2, -0.15) is 0 Å². The molecular weight excluding hydrogens is 432 g/mol. The van der Waals surface area contributed by atoms with E-state index in [1.165, 1.54) is 3.97 Å². The van der Waals surface area contributed by atoms with Gasteiger partial charge in [0.25, 0.3) is 16.5 Å². The van der Waals surface area contributed by atoms with Crippen LogP contribution in [-0.2, 0) is 14.8 Å². The van der Waals surface area contributed by atoms with Crippen LogP contribution in [0.25, 0.3) is 10.9 Å². The number of aromatic nitrogens is 1. The third-order valence-electron chi connectivity index (χ3n) is 5.72. The summed E-state index contributed by atoms with van der Waals surface area (Å²) in [6.07, 6.45) is 1.65. The number of fused-ring (bicyclic) bond motifs is 2. The Balaban J connectivity index is 0.000000775. The van der Waals surface area contributed by atoms with Crippen molar-refractivity contribution in [2.45, 2.75) is 4.90 Å². The van der Waals surface area contributed by atoms with E-state index in [2.05, 4.69) is 21.2 Å². The number of likely N-dealkylation sites (N-methyl/N-ethyl adjacent to an activating group) is 1. The smallest absolute Gasteiger partial charge is 0.290 e. The highest BCUT2D eigenvalue weighted by molar-refractivity contribution is 7.90. The summed E-state index contributed by atoms with van der Waals surface area (Å²) in [6.45, 7) is 4.76. The van der Waals surface area contributed by atoms with E-state index < -0.39 is 10.0 Å². The first-order valence-corrected chi connectivity index (χ1v) is 11.8. The summed E-state index contributed by atoms with van der Waals surface area (Å²) in [5.41, 5.74) is 2.68. The zero-order valence-corrected chi connectivity index (χ0v) is 18.6. The van der Waals surface area contributed by atoms with Gasteiger partial charge in [-0.25, -0.2) is 12.4 Å². The van der Waals surface area contributed by atoms with Gasteiger partial charge in [0.05, 0.1) is 22.6 Å². The van der Waals surface area contributed by atoms with Crippen molar-refractivity contribution in [1.82, 2.24) is 9.29 Å². The molecule has 5 rings (SSSR count). The number of anilines is 2. The average Bonchev–Trinajstić information content (AvgIpc) is 3.25. The van der Waals surface area contributed by atoms with Crippen molar-refractivity contribution in [2.24, 2.45) is 0 Å². The Kier molecular flexibility index (Phi) is 6.24. The molecule has 0 radical (unpaired) electrons. The summed E-state index contributed by atoms with van der Waals surface area (Å²) in [5.74, 6) is 0.609. The van der Waals surface area contributed by atoms with Crippen LogP contribution in [0.3, 0.4) is 0 Å². The number of carboxylic acid groups (broad SMARTS) is 1.